The molecule has 0 saturated heterocycles. The lowest BCUT2D eigenvalue weighted by Gasteiger charge is -2.15. The van der Waals surface area contributed by atoms with Crippen molar-refractivity contribution in [1.29, 1.82) is 0 Å². The molecule has 0 fully saturated rings. The summed E-state index contributed by atoms with van der Waals surface area (Å²) in [5.74, 6) is -0.381. The summed E-state index contributed by atoms with van der Waals surface area (Å²) >= 11 is 1.41. The minimum atomic E-state index is -0.192. The first-order valence-electron chi connectivity index (χ1n) is 8.11. The number of hydrogen-bond acceptors (Lipinski definition) is 4. The third-order valence-electron chi connectivity index (χ3n) is 3.86. The van der Waals surface area contributed by atoms with Gasteiger partial charge in [-0.15, -0.1) is 0 Å². The van der Waals surface area contributed by atoms with E-state index < -0.39 is 0 Å². The van der Waals surface area contributed by atoms with Gasteiger partial charge in [0.1, 0.15) is 0 Å². The lowest BCUT2D eigenvalue weighted by molar-refractivity contribution is -0.117. The van der Waals surface area contributed by atoms with Crippen LogP contribution in [-0.2, 0) is 9.59 Å². The predicted molar refractivity (Wildman–Crippen MR) is 102 cm³/mol. The minimum Gasteiger partial charge on any atom is -0.325 e. The zero-order chi connectivity index (χ0) is 17.8. The lowest BCUT2D eigenvalue weighted by Crippen LogP contribution is -2.20. The second kappa shape index (κ2) is 7.44. The molecule has 128 valence electrons. The highest BCUT2D eigenvalue weighted by atomic mass is 32.1. The van der Waals surface area contributed by atoms with E-state index in [9.17, 15) is 9.59 Å². The summed E-state index contributed by atoms with van der Waals surface area (Å²) in [5, 5.41) is 6.21. The Morgan fingerprint density at radius 2 is 1.88 bits per heavy atom. The Kier molecular flexibility index (Phi) is 5.09. The molecule has 2 N–H and O–H groups in total. The summed E-state index contributed by atoms with van der Waals surface area (Å²) < 4.78 is 0.955. The summed E-state index contributed by atoms with van der Waals surface area (Å²) in [5.41, 5.74) is 2.45. The number of amides is 2. The molecule has 0 bridgehead atoms. The van der Waals surface area contributed by atoms with Crippen LogP contribution in [-0.4, -0.2) is 16.8 Å². The van der Waals surface area contributed by atoms with Gasteiger partial charge in [-0.05, 0) is 30.2 Å². The number of nitrogens with zero attached hydrogens (tertiary/aromatic N) is 1. The molecule has 25 heavy (non-hydrogen) atoms. The van der Waals surface area contributed by atoms with Gasteiger partial charge in [0.2, 0.25) is 11.8 Å². The number of hydrogen-bond donors (Lipinski definition) is 2. The molecule has 3 rings (SSSR count). The first-order valence-corrected chi connectivity index (χ1v) is 8.92. The van der Waals surface area contributed by atoms with Crippen molar-refractivity contribution in [2.45, 2.75) is 26.2 Å². The number of carbonyl (C=O) groups is 2. The molecule has 2 amide bonds. The number of thiazole rings is 1. The van der Waals surface area contributed by atoms with E-state index in [1.165, 1.54) is 18.3 Å². The summed E-state index contributed by atoms with van der Waals surface area (Å²) in [4.78, 5) is 28.2. The highest BCUT2D eigenvalue weighted by Gasteiger charge is 2.18. The number of carbonyl (C=O) groups excluding carboxylic acids is 2. The lowest BCUT2D eigenvalue weighted by atomic mass is 9.95. The van der Waals surface area contributed by atoms with Crippen molar-refractivity contribution in [2.75, 3.05) is 10.6 Å². The molecule has 0 aliphatic heterocycles. The van der Waals surface area contributed by atoms with Crippen LogP contribution >= 0.6 is 11.3 Å². The smallest absolute Gasteiger partial charge is 0.231 e. The monoisotopic (exact) mass is 353 g/mol. The van der Waals surface area contributed by atoms with Crippen LogP contribution < -0.4 is 10.6 Å². The molecule has 1 atom stereocenters. The van der Waals surface area contributed by atoms with E-state index in [0.29, 0.717) is 10.8 Å². The highest BCUT2D eigenvalue weighted by Crippen LogP contribution is 2.29. The average Bonchev–Trinajstić information content (AvgIpc) is 2.97. The maximum atomic E-state index is 12.6. The highest BCUT2D eigenvalue weighted by molar-refractivity contribution is 7.22. The van der Waals surface area contributed by atoms with E-state index in [1.54, 1.807) is 0 Å². The van der Waals surface area contributed by atoms with Gasteiger partial charge < -0.3 is 10.6 Å². The minimum absolute atomic E-state index is 0.0367. The second-order valence-corrected chi connectivity index (χ2v) is 6.77. The molecule has 6 heteroatoms. The molecule has 1 aromatic heterocycles. The van der Waals surface area contributed by atoms with E-state index in [2.05, 4.69) is 15.6 Å². The Bertz CT molecular complexity index is 905. The zero-order valence-electron chi connectivity index (χ0n) is 14.1. The molecular weight excluding hydrogens is 334 g/mol. The maximum absolute atomic E-state index is 12.6. The van der Waals surface area contributed by atoms with Crippen LogP contribution in [0.4, 0.5) is 10.8 Å². The van der Waals surface area contributed by atoms with Gasteiger partial charge in [-0.1, -0.05) is 48.6 Å². The van der Waals surface area contributed by atoms with Crippen LogP contribution in [0.2, 0.25) is 0 Å². The fraction of sp³-hybridized carbons (Fsp3) is 0.211. The molecule has 0 saturated carbocycles. The molecular formula is C19H19N3O2S. The number of aromatic nitrogens is 1. The Morgan fingerprint density at radius 1 is 1.12 bits per heavy atom. The Labute approximate surface area is 150 Å². The quantitative estimate of drug-likeness (QED) is 0.715. The normalized spacial score (nSPS) is 11.9. The van der Waals surface area contributed by atoms with Crippen molar-refractivity contribution in [3.63, 3.8) is 0 Å². The topological polar surface area (TPSA) is 71.1 Å². The molecule has 0 spiro atoms. The second-order valence-electron chi connectivity index (χ2n) is 5.74. The van der Waals surface area contributed by atoms with Gasteiger partial charge in [-0.3, -0.25) is 9.59 Å². The van der Waals surface area contributed by atoms with Gasteiger partial charge >= 0.3 is 0 Å². The largest absolute Gasteiger partial charge is 0.325 e. The number of nitrogens with one attached hydrogen (secondary N) is 2. The fourth-order valence-corrected chi connectivity index (χ4v) is 3.59. The molecule has 0 aliphatic rings. The van der Waals surface area contributed by atoms with Crippen LogP contribution in [0.3, 0.4) is 0 Å². The fourth-order valence-electron chi connectivity index (χ4n) is 2.70. The predicted octanol–water partition coefficient (Wildman–Crippen LogP) is 4.39. The van der Waals surface area contributed by atoms with Gasteiger partial charge in [-0.2, -0.15) is 0 Å². The van der Waals surface area contributed by atoms with Crippen molar-refractivity contribution in [3.8, 4) is 0 Å². The summed E-state index contributed by atoms with van der Waals surface area (Å²) in [6, 6.07) is 15.3. The van der Waals surface area contributed by atoms with Crippen LogP contribution in [0.25, 0.3) is 10.2 Å². The van der Waals surface area contributed by atoms with Crippen molar-refractivity contribution >= 4 is 44.2 Å². The molecule has 1 heterocycles. The van der Waals surface area contributed by atoms with E-state index in [0.717, 1.165) is 22.2 Å². The van der Waals surface area contributed by atoms with Crippen molar-refractivity contribution in [2.24, 2.45) is 0 Å². The van der Waals surface area contributed by atoms with Crippen molar-refractivity contribution in [3.05, 3.63) is 54.1 Å². The first-order chi connectivity index (χ1) is 12.1. The van der Waals surface area contributed by atoms with Gasteiger partial charge in [0.25, 0.3) is 0 Å². The van der Waals surface area contributed by atoms with Crippen molar-refractivity contribution in [1.82, 2.24) is 4.98 Å². The molecule has 5 nitrogen and oxygen atoms in total. The van der Waals surface area contributed by atoms with E-state index >= 15 is 0 Å². The van der Waals surface area contributed by atoms with Crippen molar-refractivity contribution < 1.29 is 9.59 Å². The van der Waals surface area contributed by atoms with Gasteiger partial charge in [0, 0.05) is 12.6 Å². The molecule has 2 aromatic carbocycles. The molecule has 3 aromatic rings. The number of fused-ring (bicyclic) bond motifs is 1. The van der Waals surface area contributed by atoms with Gasteiger partial charge in [0.15, 0.2) is 5.13 Å². The maximum Gasteiger partial charge on any atom is 0.231 e. The Balaban J connectivity index is 1.79. The summed E-state index contributed by atoms with van der Waals surface area (Å²) in [6.07, 6.45) is 0.724. The Hall–Kier alpha value is -2.73. The third kappa shape index (κ3) is 4.03. The standard InChI is InChI=1S/C19H19N3O2S/c1-3-15(13-7-5-4-6-8-13)18(24)21-14-9-10-17-16(11-14)22-19(25-17)20-12(2)23/h4-11,15H,3H2,1-2H3,(H,21,24)(H,20,22,23)/t15-/m1/s1. The van der Waals surface area contributed by atoms with E-state index in [-0.39, 0.29) is 17.7 Å². The van der Waals surface area contributed by atoms with E-state index in [1.807, 2.05) is 55.5 Å². The Morgan fingerprint density at radius 3 is 2.56 bits per heavy atom. The first kappa shape index (κ1) is 17.1. The number of rotatable bonds is 5. The molecule has 0 aliphatic carbocycles. The van der Waals surface area contributed by atoms with Crippen LogP contribution in [0.15, 0.2) is 48.5 Å². The van der Waals surface area contributed by atoms with Crippen LogP contribution in [0.1, 0.15) is 31.7 Å². The summed E-state index contributed by atoms with van der Waals surface area (Å²) in [6.45, 7) is 3.45. The SMILES string of the molecule is CC[C@@H](C(=O)Nc1ccc2sc(NC(C)=O)nc2c1)c1ccccc1. The van der Waals surface area contributed by atoms with E-state index in [4.69, 9.17) is 0 Å². The third-order valence-corrected chi connectivity index (χ3v) is 4.82. The zero-order valence-corrected chi connectivity index (χ0v) is 14.9. The van der Waals surface area contributed by atoms with Gasteiger partial charge in [0.05, 0.1) is 16.1 Å². The molecule has 0 radical (unpaired) electrons. The van der Waals surface area contributed by atoms with Crippen LogP contribution in [0, 0.1) is 0 Å². The van der Waals surface area contributed by atoms with Crippen LogP contribution in [0.5, 0.6) is 0 Å². The summed E-state index contributed by atoms with van der Waals surface area (Å²) in [7, 11) is 0. The van der Waals surface area contributed by atoms with Gasteiger partial charge in [-0.25, -0.2) is 4.98 Å². The average molecular weight is 353 g/mol. The number of benzene rings is 2. The number of anilines is 2. The molecule has 0 unspecified atom stereocenters.